The van der Waals surface area contributed by atoms with Gasteiger partial charge in [0.2, 0.25) is 5.91 Å². The number of aromatic amines is 1. The summed E-state index contributed by atoms with van der Waals surface area (Å²) >= 11 is 0. The van der Waals surface area contributed by atoms with Crippen molar-refractivity contribution in [2.75, 3.05) is 26.2 Å². The second-order valence-corrected chi connectivity index (χ2v) is 7.20. The van der Waals surface area contributed by atoms with Crippen LogP contribution in [0.4, 0.5) is 0 Å². The van der Waals surface area contributed by atoms with E-state index in [2.05, 4.69) is 32.0 Å². The van der Waals surface area contributed by atoms with E-state index in [-0.39, 0.29) is 11.5 Å². The lowest BCUT2D eigenvalue weighted by Gasteiger charge is -2.34. The van der Waals surface area contributed by atoms with Gasteiger partial charge in [-0.05, 0) is 17.7 Å². The summed E-state index contributed by atoms with van der Waals surface area (Å²) in [5.41, 5.74) is 3.26. The van der Waals surface area contributed by atoms with Crippen LogP contribution >= 0.6 is 0 Å². The molecule has 0 unspecified atom stereocenters. The topological polar surface area (TPSA) is 82.2 Å². The molecular formula is C22H23N5O2. The Bertz CT molecular complexity index is 1040. The van der Waals surface area contributed by atoms with Crippen LogP contribution in [0, 0.1) is 0 Å². The summed E-state index contributed by atoms with van der Waals surface area (Å²) in [6.07, 6.45) is 3.39. The van der Waals surface area contributed by atoms with E-state index in [1.165, 1.54) is 11.6 Å². The zero-order valence-electron chi connectivity index (χ0n) is 16.3. The molecule has 1 aliphatic heterocycles. The highest BCUT2D eigenvalue weighted by Crippen LogP contribution is 2.20. The molecule has 1 amide bonds. The summed E-state index contributed by atoms with van der Waals surface area (Å²) in [6.45, 7) is 5.77. The predicted octanol–water partition coefficient (Wildman–Crippen LogP) is 2.16. The van der Waals surface area contributed by atoms with E-state index >= 15 is 0 Å². The summed E-state index contributed by atoms with van der Waals surface area (Å²) in [7, 11) is 0. The van der Waals surface area contributed by atoms with Gasteiger partial charge < -0.3 is 9.88 Å². The van der Waals surface area contributed by atoms with Crippen LogP contribution in [0.2, 0.25) is 0 Å². The summed E-state index contributed by atoms with van der Waals surface area (Å²) in [5.74, 6) is 0.682. The minimum Gasteiger partial charge on any atom is -0.340 e. The van der Waals surface area contributed by atoms with Crippen molar-refractivity contribution in [3.05, 3.63) is 70.8 Å². The van der Waals surface area contributed by atoms with Gasteiger partial charge in [0.25, 0.3) is 5.56 Å². The summed E-state index contributed by atoms with van der Waals surface area (Å²) in [5, 5.41) is 0. The first-order chi connectivity index (χ1) is 14.1. The minimum atomic E-state index is -0.193. The number of carbonyl (C=O) groups excluding carboxylic acids is 1. The fraction of sp³-hybridized carbons (Fsp3) is 0.273. The van der Waals surface area contributed by atoms with Crippen LogP contribution in [-0.2, 0) is 11.3 Å². The number of amides is 1. The molecule has 0 saturated carbocycles. The molecule has 0 radical (unpaired) electrons. The number of aromatic nitrogens is 3. The van der Waals surface area contributed by atoms with Crippen LogP contribution in [-0.4, -0.2) is 56.8 Å². The number of carbonyl (C=O) groups is 1. The summed E-state index contributed by atoms with van der Waals surface area (Å²) in [4.78, 5) is 39.3. The average Bonchev–Trinajstić information content (AvgIpc) is 2.75. The normalized spacial score (nSPS) is 14.7. The van der Waals surface area contributed by atoms with Gasteiger partial charge in [0.05, 0.1) is 5.69 Å². The summed E-state index contributed by atoms with van der Waals surface area (Å²) < 4.78 is 0. The monoisotopic (exact) mass is 389 g/mol. The van der Waals surface area contributed by atoms with Crippen molar-refractivity contribution >= 4 is 5.91 Å². The molecule has 29 heavy (non-hydrogen) atoms. The fourth-order valence-electron chi connectivity index (χ4n) is 3.50. The van der Waals surface area contributed by atoms with Gasteiger partial charge in [-0.2, -0.15) is 0 Å². The highest BCUT2D eigenvalue weighted by atomic mass is 16.2. The molecule has 0 atom stereocenters. The van der Waals surface area contributed by atoms with E-state index in [1.54, 1.807) is 19.3 Å². The molecule has 148 valence electrons. The molecule has 7 heteroatoms. The van der Waals surface area contributed by atoms with Crippen molar-refractivity contribution in [2.24, 2.45) is 0 Å². The molecule has 1 N–H and O–H groups in total. The Labute approximate surface area is 169 Å². The van der Waals surface area contributed by atoms with Crippen molar-refractivity contribution in [3.63, 3.8) is 0 Å². The van der Waals surface area contributed by atoms with Gasteiger partial charge in [0.15, 0.2) is 0 Å². The lowest BCUT2D eigenvalue weighted by molar-refractivity contribution is -0.130. The first kappa shape index (κ1) is 19.0. The highest BCUT2D eigenvalue weighted by molar-refractivity contribution is 5.73. The zero-order chi connectivity index (χ0) is 20.2. The largest absolute Gasteiger partial charge is 0.340 e. The number of benzene rings is 1. The SMILES string of the molecule is CC(=O)N1CCN(Cc2ccc(-c3nc(-c4cccnc4)cc(=O)[nH]3)cc2)CC1. The van der Waals surface area contributed by atoms with Gasteiger partial charge in [-0.15, -0.1) is 0 Å². The molecule has 0 spiro atoms. The Morgan fingerprint density at radius 1 is 1.07 bits per heavy atom. The molecule has 1 saturated heterocycles. The standard InChI is InChI=1S/C22H23N5O2/c1-16(28)27-11-9-26(10-12-27)15-17-4-6-18(7-5-17)22-24-20(13-21(29)25-22)19-3-2-8-23-14-19/h2-8,13-14H,9-12,15H2,1H3,(H,24,25,29). The number of piperazine rings is 1. The van der Waals surface area contributed by atoms with Crippen molar-refractivity contribution in [3.8, 4) is 22.6 Å². The van der Waals surface area contributed by atoms with E-state index in [1.807, 2.05) is 29.2 Å². The maximum atomic E-state index is 12.1. The number of hydrogen-bond donors (Lipinski definition) is 1. The van der Waals surface area contributed by atoms with Gasteiger partial charge in [-0.3, -0.25) is 19.5 Å². The smallest absolute Gasteiger partial charge is 0.251 e. The molecule has 3 aromatic rings. The third-order valence-corrected chi connectivity index (χ3v) is 5.15. The maximum Gasteiger partial charge on any atom is 0.251 e. The fourth-order valence-corrected chi connectivity index (χ4v) is 3.50. The Hall–Kier alpha value is -3.32. The van der Waals surface area contributed by atoms with Crippen LogP contribution in [0.1, 0.15) is 12.5 Å². The van der Waals surface area contributed by atoms with Gasteiger partial charge in [-0.1, -0.05) is 24.3 Å². The van der Waals surface area contributed by atoms with Crippen molar-refractivity contribution in [1.82, 2.24) is 24.8 Å². The number of nitrogens with zero attached hydrogens (tertiary/aromatic N) is 4. The number of nitrogens with one attached hydrogen (secondary N) is 1. The van der Waals surface area contributed by atoms with Crippen molar-refractivity contribution in [1.29, 1.82) is 0 Å². The average molecular weight is 389 g/mol. The van der Waals surface area contributed by atoms with Crippen LogP contribution < -0.4 is 5.56 Å². The van der Waals surface area contributed by atoms with Crippen LogP contribution in [0.15, 0.2) is 59.7 Å². The Morgan fingerprint density at radius 2 is 1.83 bits per heavy atom. The van der Waals surface area contributed by atoms with Gasteiger partial charge >= 0.3 is 0 Å². The first-order valence-corrected chi connectivity index (χ1v) is 9.67. The van der Waals surface area contributed by atoms with E-state index in [0.29, 0.717) is 11.5 Å². The lowest BCUT2D eigenvalue weighted by atomic mass is 10.1. The number of H-pyrrole nitrogens is 1. The lowest BCUT2D eigenvalue weighted by Crippen LogP contribution is -2.47. The highest BCUT2D eigenvalue weighted by Gasteiger charge is 2.18. The quantitative estimate of drug-likeness (QED) is 0.739. The molecule has 1 aliphatic rings. The Kier molecular flexibility index (Phi) is 5.48. The summed E-state index contributed by atoms with van der Waals surface area (Å²) in [6, 6.07) is 13.3. The molecule has 0 bridgehead atoms. The van der Waals surface area contributed by atoms with Crippen molar-refractivity contribution < 1.29 is 4.79 Å². The third-order valence-electron chi connectivity index (χ3n) is 5.15. The minimum absolute atomic E-state index is 0.143. The van der Waals surface area contributed by atoms with Crippen LogP contribution in [0.3, 0.4) is 0 Å². The van der Waals surface area contributed by atoms with Crippen molar-refractivity contribution in [2.45, 2.75) is 13.5 Å². The molecule has 4 rings (SSSR count). The number of hydrogen-bond acceptors (Lipinski definition) is 5. The Balaban J connectivity index is 1.48. The maximum absolute atomic E-state index is 12.1. The molecule has 0 aliphatic carbocycles. The van der Waals surface area contributed by atoms with Crippen LogP contribution in [0.5, 0.6) is 0 Å². The van der Waals surface area contributed by atoms with E-state index < -0.39 is 0 Å². The molecule has 2 aromatic heterocycles. The zero-order valence-corrected chi connectivity index (χ0v) is 16.3. The van der Waals surface area contributed by atoms with E-state index in [4.69, 9.17) is 0 Å². The third kappa shape index (κ3) is 4.57. The first-order valence-electron chi connectivity index (χ1n) is 9.67. The van der Waals surface area contributed by atoms with Gasteiger partial charge in [0, 0.05) is 69.2 Å². The van der Waals surface area contributed by atoms with Crippen LogP contribution in [0.25, 0.3) is 22.6 Å². The van der Waals surface area contributed by atoms with E-state index in [0.717, 1.165) is 43.9 Å². The second kappa shape index (κ2) is 8.36. The molecule has 1 aromatic carbocycles. The van der Waals surface area contributed by atoms with Gasteiger partial charge in [0.1, 0.15) is 5.82 Å². The second-order valence-electron chi connectivity index (χ2n) is 7.20. The van der Waals surface area contributed by atoms with E-state index in [9.17, 15) is 9.59 Å². The molecule has 1 fully saturated rings. The Morgan fingerprint density at radius 3 is 2.48 bits per heavy atom. The molecule has 3 heterocycles. The molecule has 7 nitrogen and oxygen atoms in total. The molecular weight excluding hydrogens is 366 g/mol. The number of pyridine rings is 1. The van der Waals surface area contributed by atoms with Gasteiger partial charge in [-0.25, -0.2) is 4.98 Å². The predicted molar refractivity (Wildman–Crippen MR) is 111 cm³/mol. The number of rotatable bonds is 4.